The molecule has 0 unspecified atom stereocenters. The molecule has 0 bridgehead atoms. The molecule has 1 aromatic rings. The molecule has 13 heavy (non-hydrogen) atoms. The highest BCUT2D eigenvalue weighted by molar-refractivity contribution is 7.88. The third-order valence-corrected chi connectivity index (χ3v) is 2.56. The van der Waals surface area contributed by atoms with E-state index in [1.807, 2.05) is 0 Å². The smallest absolute Gasteiger partial charge is 0.218 e. The van der Waals surface area contributed by atoms with Crippen LogP contribution in [-0.2, 0) is 15.8 Å². The summed E-state index contributed by atoms with van der Waals surface area (Å²) < 4.78 is 36.4. The zero-order chi connectivity index (χ0) is 9.90. The van der Waals surface area contributed by atoms with Gasteiger partial charge in [-0.2, -0.15) is 0 Å². The fraction of sp³-hybridized carbons (Fsp3) is 0.333. The van der Waals surface area contributed by atoms with Gasteiger partial charge in [0.2, 0.25) is 10.0 Å². The highest BCUT2D eigenvalue weighted by Gasteiger charge is 2.10. The van der Waals surface area contributed by atoms with Crippen molar-refractivity contribution in [3.05, 3.63) is 24.0 Å². The second-order valence-electron chi connectivity index (χ2n) is 2.28. The predicted octanol–water partition coefficient (Wildman–Crippen LogP) is -0.335. The molecule has 0 aliphatic rings. The molecule has 0 aliphatic carbocycles. The number of rotatable bonds is 3. The van der Waals surface area contributed by atoms with E-state index in [2.05, 4.69) is 14.7 Å². The minimum absolute atomic E-state index is 0.0655. The molecule has 0 radical (unpaired) electrons. The molecule has 0 fully saturated rings. The molecule has 0 amide bonds. The third-order valence-electron chi connectivity index (χ3n) is 1.30. The van der Waals surface area contributed by atoms with E-state index < -0.39 is 15.8 Å². The van der Waals surface area contributed by atoms with Gasteiger partial charge in [-0.1, -0.05) is 0 Å². The molecule has 72 valence electrons. The molecule has 1 rings (SSSR count). The molecule has 0 atom stereocenters. The van der Waals surface area contributed by atoms with Crippen molar-refractivity contribution in [1.29, 1.82) is 0 Å². The van der Waals surface area contributed by atoms with Gasteiger partial charge in [-0.05, 0) is 7.05 Å². The van der Waals surface area contributed by atoms with E-state index >= 15 is 0 Å². The van der Waals surface area contributed by atoms with Gasteiger partial charge >= 0.3 is 0 Å². The Hall–Kier alpha value is -1.08. The van der Waals surface area contributed by atoms with Gasteiger partial charge < -0.3 is 0 Å². The fourth-order valence-electron chi connectivity index (χ4n) is 0.656. The lowest BCUT2D eigenvalue weighted by molar-refractivity contribution is 0.583. The molecule has 0 saturated carbocycles. The summed E-state index contributed by atoms with van der Waals surface area (Å²) in [7, 11) is -2.09. The third kappa shape index (κ3) is 3.03. The minimum Gasteiger partial charge on any atom is -0.237 e. The van der Waals surface area contributed by atoms with Crippen LogP contribution >= 0.6 is 0 Å². The van der Waals surface area contributed by atoms with Gasteiger partial charge in [0.15, 0.2) is 5.82 Å². The van der Waals surface area contributed by atoms with Crippen LogP contribution < -0.4 is 4.72 Å². The largest absolute Gasteiger partial charge is 0.237 e. The van der Waals surface area contributed by atoms with E-state index in [1.165, 1.54) is 7.05 Å². The first kappa shape index (κ1) is 10.0. The Balaban J connectivity index is 2.82. The van der Waals surface area contributed by atoms with Crippen LogP contribution in [0.15, 0.2) is 12.4 Å². The summed E-state index contributed by atoms with van der Waals surface area (Å²) in [6, 6.07) is 0. The summed E-state index contributed by atoms with van der Waals surface area (Å²) in [5.74, 6) is -0.870. The SMILES string of the molecule is CNS(=O)(=O)Cc1ncc(F)cn1. The first-order valence-electron chi connectivity index (χ1n) is 3.41. The molecule has 0 aromatic carbocycles. The topological polar surface area (TPSA) is 72.0 Å². The normalized spacial score (nSPS) is 11.5. The van der Waals surface area contributed by atoms with E-state index in [9.17, 15) is 12.8 Å². The predicted molar refractivity (Wildman–Crippen MR) is 43.7 cm³/mol. The number of hydrogen-bond donors (Lipinski definition) is 1. The van der Waals surface area contributed by atoms with Gasteiger partial charge in [-0.15, -0.1) is 0 Å². The summed E-state index contributed by atoms with van der Waals surface area (Å²) in [5.41, 5.74) is 0. The average molecular weight is 205 g/mol. The van der Waals surface area contributed by atoms with Crippen molar-refractivity contribution in [2.75, 3.05) is 7.05 Å². The summed E-state index contributed by atoms with van der Waals surface area (Å²) in [6.45, 7) is 0. The molecule has 1 aromatic heterocycles. The summed E-state index contributed by atoms with van der Waals surface area (Å²) >= 11 is 0. The Morgan fingerprint density at radius 1 is 1.46 bits per heavy atom. The molecule has 5 nitrogen and oxygen atoms in total. The molecule has 0 spiro atoms. The van der Waals surface area contributed by atoms with Crippen LogP contribution in [0.3, 0.4) is 0 Å². The van der Waals surface area contributed by atoms with Crippen LogP contribution in [0, 0.1) is 5.82 Å². The van der Waals surface area contributed by atoms with Crippen molar-refractivity contribution in [1.82, 2.24) is 14.7 Å². The van der Waals surface area contributed by atoms with E-state index in [0.717, 1.165) is 12.4 Å². The Labute approximate surface area is 75.1 Å². The van der Waals surface area contributed by atoms with E-state index in [-0.39, 0.29) is 11.6 Å². The molecule has 1 heterocycles. The zero-order valence-corrected chi connectivity index (χ0v) is 7.68. The number of halogens is 1. The number of nitrogens with zero attached hydrogens (tertiary/aromatic N) is 2. The van der Waals surface area contributed by atoms with Crippen LogP contribution in [0.1, 0.15) is 5.82 Å². The van der Waals surface area contributed by atoms with Crippen LogP contribution in [0.2, 0.25) is 0 Å². The maximum absolute atomic E-state index is 12.3. The quantitative estimate of drug-likeness (QED) is 0.733. The fourth-order valence-corrected chi connectivity index (χ4v) is 1.29. The van der Waals surface area contributed by atoms with E-state index in [1.54, 1.807) is 0 Å². The standard InChI is InChI=1S/C6H8FN3O2S/c1-8-13(11,12)4-6-9-2-5(7)3-10-6/h2-3,8H,4H2,1H3. The summed E-state index contributed by atoms with van der Waals surface area (Å²) in [6.07, 6.45) is 1.85. The van der Waals surface area contributed by atoms with Gasteiger partial charge in [-0.25, -0.2) is 27.5 Å². The molecular formula is C6H8FN3O2S. The highest BCUT2D eigenvalue weighted by Crippen LogP contribution is 1.97. The second-order valence-corrected chi connectivity index (χ2v) is 4.21. The van der Waals surface area contributed by atoms with Crippen molar-refractivity contribution >= 4 is 10.0 Å². The van der Waals surface area contributed by atoms with Crippen molar-refractivity contribution in [3.8, 4) is 0 Å². The van der Waals surface area contributed by atoms with Crippen LogP contribution in [-0.4, -0.2) is 25.4 Å². The monoisotopic (exact) mass is 205 g/mol. The van der Waals surface area contributed by atoms with E-state index in [0.29, 0.717) is 0 Å². The molecule has 0 aliphatic heterocycles. The van der Waals surface area contributed by atoms with Gasteiger partial charge in [-0.3, -0.25) is 0 Å². The first-order valence-corrected chi connectivity index (χ1v) is 5.06. The average Bonchev–Trinajstić information content (AvgIpc) is 2.09. The van der Waals surface area contributed by atoms with Gasteiger partial charge in [0.05, 0.1) is 12.4 Å². The minimum atomic E-state index is -3.38. The van der Waals surface area contributed by atoms with Crippen molar-refractivity contribution in [2.45, 2.75) is 5.75 Å². The second kappa shape index (κ2) is 3.75. The van der Waals surface area contributed by atoms with Crippen LogP contribution in [0.4, 0.5) is 4.39 Å². The lowest BCUT2D eigenvalue weighted by Crippen LogP contribution is -2.21. The van der Waals surface area contributed by atoms with Crippen molar-refractivity contribution < 1.29 is 12.8 Å². The Kier molecular flexibility index (Phi) is 2.89. The van der Waals surface area contributed by atoms with Gasteiger partial charge in [0.25, 0.3) is 0 Å². The lowest BCUT2D eigenvalue weighted by Gasteiger charge is -1.99. The van der Waals surface area contributed by atoms with Crippen LogP contribution in [0.5, 0.6) is 0 Å². The van der Waals surface area contributed by atoms with Crippen molar-refractivity contribution in [3.63, 3.8) is 0 Å². The summed E-state index contributed by atoms with van der Waals surface area (Å²) in [5, 5.41) is 0. The number of nitrogens with one attached hydrogen (secondary N) is 1. The highest BCUT2D eigenvalue weighted by atomic mass is 32.2. The molecule has 7 heteroatoms. The Morgan fingerprint density at radius 3 is 2.46 bits per heavy atom. The molecular weight excluding hydrogens is 197 g/mol. The zero-order valence-electron chi connectivity index (χ0n) is 6.86. The Bertz CT molecular complexity index is 375. The first-order chi connectivity index (χ1) is 6.03. The van der Waals surface area contributed by atoms with Gasteiger partial charge in [0.1, 0.15) is 11.6 Å². The van der Waals surface area contributed by atoms with E-state index in [4.69, 9.17) is 0 Å². The number of hydrogen-bond acceptors (Lipinski definition) is 4. The number of aromatic nitrogens is 2. The van der Waals surface area contributed by atoms with Crippen molar-refractivity contribution in [2.24, 2.45) is 0 Å². The number of sulfonamides is 1. The maximum Gasteiger partial charge on any atom is 0.218 e. The maximum atomic E-state index is 12.3. The molecule has 0 saturated heterocycles. The Morgan fingerprint density at radius 2 is 2.00 bits per heavy atom. The van der Waals surface area contributed by atoms with Crippen LogP contribution in [0.25, 0.3) is 0 Å². The molecule has 1 N–H and O–H groups in total. The van der Waals surface area contributed by atoms with Gasteiger partial charge in [0, 0.05) is 0 Å². The lowest BCUT2D eigenvalue weighted by atomic mass is 10.6. The summed E-state index contributed by atoms with van der Waals surface area (Å²) in [4.78, 5) is 7.01.